The quantitative estimate of drug-likeness (QED) is 0.464. The zero-order valence-electron chi connectivity index (χ0n) is 14.0. The normalized spacial score (nSPS) is 11.7. The largest absolute Gasteiger partial charge is 0.382 e. The lowest BCUT2D eigenvalue weighted by Crippen LogP contribution is -2.37. The number of nitrogens with zero attached hydrogens (tertiary/aromatic N) is 8. The molecule has 0 saturated carbocycles. The number of rotatable bonds is 1. The highest BCUT2D eigenvalue weighted by atomic mass is 16.2. The summed E-state index contributed by atoms with van der Waals surface area (Å²) in [6, 6.07) is 0. The van der Waals surface area contributed by atoms with Crippen LogP contribution in [0.2, 0.25) is 0 Å². The molecule has 0 aliphatic rings. The van der Waals surface area contributed by atoms with Crippen molar-refractivity contribution in [2.45, 2.75) is 0 Å². The van der Waals surface area contributed by atoms with Crippen molar-refractivity contribution in [1.82, 2.24) is 38.2 Å². The van der Waals surface area contributed by atoms with E-state index in [-0.39, 0.29) is 22.8 Å². The second-order valence-corrected chi connectivity index (χ2v) is 5.83. The molecule has 25 heavy (non-hydrogen) atoms. The summed E-state index contributed by atoms with van der Waals surface area (Å²) >= 11 is 0. The molecule has 2 N–H and O–H groups in total. The lowest BCUT2D eigenvalue weighted by Gasteiger charge is -2.04. The van der Waals surface area contributed by atoms with Crippen molar-refractivity contribution < 1.29 is 0 Å². The van der Waals surface area contributed by atoms with Crippen LogP contribution in [-0.4, -0.2) is 38.2 Å². The van der Waals surface area contributed by atoms with E-state index < -0.39 is 11.2 Å². The van der Waals surface area contributed by atoms with Crippen LogP contribution in [0.4, 0.5) is 5.82 Å². The lowest BCUT2D eigenvalue weighted by atomic mass is 10.4. The summed E-state index contributed by atoms with van der Waals surface area (Å²) in [6.07, 6.45) is 1.59. The van der Waals surface area contributed by atoms with Crippen molar-refractivity contribution in [3.63, 3.8) is 0 Å². The molecule has 4 aromatic rings. The third-order valence-electron chi connectivity index (χ3n) is 4.26. The third kappa shape index (κ3) is 1.86. The van der Waals surface area contributed by atoms with E-state index in [1.165, 1.54) is 11.6 Å². The number of fused-ring (bicyclic) bond motifs is 2. The highest BCUT2D eigenvalue weighted by Gasteiger charge is 2.21. The number of hydrogen-bond donors (Lipinski definition) is 1. The SMILES string of the molecule is Cn1c(=O)c2c(nc(-c3nc(N)c4ncn(C)c4n3)n2C)n(C)c1=O. The molecular formula is C14H15N9O2. The van der Waals surface area contributed by atoms with Gasteiger partial charge in [-0.25, -0.2) is 24.7 Å². The average molecular weight is 341 g/mol. The fourth-order valence-electron chi connectivity index (χ4n) is 2.85. The fourth-order valence-corrected chi connectivity index (χ4v) is 2.85. The predicted octanol–water partition coefficient (Wildman–Crippen LogP) is -1.10. The van der Waals surface area contributed by atoms with Crippen LogP contribution in [0.5, 0.6) is 0 Å². The molecule has 0 atom stereocenters. The van der Waals surface area contributed by atoms with Crippen molar-refractivity contribution in [2.24, 2.45) is 28.2 Å². The highest BCUT2D eigenvalue weighted by molar-refractivity contribution is 5.84. The van der Waals surface area contributed by atoms with E-state index in [0.29, 0.717) is 17.0 Å². The topological polar surface area (TPSA) is 131 Å². The number of imidazole rings is 2. The summed E-state index contributed by atoms with van der Waals surface area (Å²) in [5.74, 6) is 0.805. The molecule has 0 amide bonds. The molecule has 0 radical (unpaired) electrons. The Hall–Kier alpha value is -3.50. The van der Waals surface area contributed by atoms with Crippen molar-refractivity contribution >= 4 is 28.1 Å². The third-order valence-corrected chi connectivity index (χ3v) is 4.26. The minimum absolute atomic E-state index is 0.217. The Bertz CT molecular complexity index is 1290. The van der Waals surface area contributed by atoms with Crippen molar-refractivity contribution in [2.75, 3.05) is 5.73 Å². The molecule has 128 valence electrons. The summed E-state index contributed by atoms with van der Waals surface area (Å²) in [4.78, 5) is 41.9. The number of aromatic nitrogens is 8. The van der Waals surface area contributed by atoms with Crippen LogP contribution in [0.15, 0.2) is 15.9 Å². The van der Waals surface area contributed by atoms with Gasteiger partial charge in [0.15, 0.2) is 34.3 Å². The minimum atomic E-state index is -0.454. The van der Waals surface area contributed by atoms with Gasteiger partial charge in [0, 0.05) is 28.2 Å². The van der Waals surface area contributed by atoms with Gasteiger partial charge >= 0.3 is 5.69 Å². The smallest absolute Gasteiger partial charge is 0.332 e. The molecule has 0 fully saturated rings. The zero-order valence-corrected chi connectivity index (χ0v) is 14.0. The second kappa shape index (κ2) is 4.75. The van der Waals surface area contributed by atoms with Gasteiger partial charge < -0.3 is 14.9 Å². The summed E-state index contributed by atoms with van der Waals surface area (Å²) in [5.41, 5.74) is 6.68. The molecule has 11 heteroatoms. The minimum Gasteiger partial charge on any atom is -0.382 e. The van der Waals surface area contributed by atoms with Crippen molar-refractivity contribution in [3.8, 4) is 11.6 Å². The van der Waals surface area contributed by atoms with Crippen LogP contribution in [0, 0.1) is 0 Å². The van der Waals surface area contributed by atoms with E-state index in [0.717, 1.165) is 4.57 Å². The maximum absolute atomic E-state index is 12.5. The van der Waals surface area contributed by atoms with E-state index in [1.807, 2.05) is 0 Å². The van der Waals surface area contributed by atoms with Crippen LogP contribution in [0.25, 0.3) is 34.0 Å². The van der Waals surface area contributed by atoms with Gasteiger partial charge in [0.25, 0.3) is 5.56 Å². The van der Waals surface area contributed by atoms with Gasteiger partial charge in [0.2, 0.25) is 0 Å². The second-order valence-electron chi connectivity index (χ2n) is 5.83. The van der Waals surface area contributed by atoms with E-state index in [2.05, 4.69) is 19.9 Å². The Morgan fingerprint density at radius 1 is 0.920 bits per heavy atom. The standard InChI is InChI=1S/C14H15N9O2/c1-20-5-16-6-8(15)17-9(18-10(6)20)12-19-11-7(21(12)2)13(24)23(4)14(25)22(11)3/h5H,1-4H3,(H2,15,17,18). The van der Waals surface area contributed by atoms with E-state index in [9.17, 15) is 9.59 Å². The summed E-state index contributed by atoms with van der Waals surface area (Å²) < 4.78 is 5.63. The van der Waals surface area contributed by atoms with Gasteiger partial charge in [-0.1, -0.05) is 0 Å². The van der Waals surface area contributed by atoms with Crippen LogP contribution in [0.1, 0.15) is 0 Å². The molecule has 0 unspecified atom stereocenters. The number of nitrogen functional groups attached to an aromatic ring is 1. The Labute approximate surface area is 140 Å². The Kier molecular flexibility index (Phi) is 2.86. The van der Waals surface area contributed by atoms with E-state index in [4.69, 9.17) is 5.73 Å². The summed E-state index contributed by atoms with van der Waals surface area (Å²) in [7, 11) is 6.44. The average Bonchev–Trinajstić information content (AvgIpc) is 3.12. The van der Waals surface area contributed by atoms with Gasteiger partial charge in [-0.15, -0.1) is 0 Å². The monoisotopic (exact) mass is 341 g/mol. The number of nitrogens with two attached hydrogens (primary N) is 1. The maximum atomic E-state index is 12.5. The van der Waals surface area contributed by atoms with Crippen LogP contribution in [-0.2, 0) is 28.2 Å². The first-order valence-electron chi connectivity index (χ1n) is 7.38. The van der Waals surface area contributed by atoms with E-state index >= 15 is 0 Å². The van der Waals surface area contributed by atoms with E-state index in [1.54, 1.807) is 36.6 Å². The molecule has 0 aliphatic carbocycles. The molecule has 0 bridgehead atoms. The first-order chi connectivity index (χ1) is 11.8. The summed E-state index contributed by atoms with van der Waals surface area (Å²) in [5, 5.41) is 0. The molecule has 0 aromatic carbocycles. The molecule has 0 saturated heterocycles. The number of hydrogen-bond acceptors (Lipinski definition) is 7. The predicted molar refractivity (Wildman–Crippen MR) is 90.9 cm³/mol. The fraction of sp³-hybridized carbons (Fsp3) is 0.286. The number of aryl methyl sites for hydroxylation is 3. The van der Waals surface area contributed by atoms with Crippen molar-refractivity contribution in [3.05, 3.63) is 27.2 Å². The number of anilines is 1. The first-order valence-corrected chi connectivity index (χ1v) is 7.38. The Morgan fingerprint density at radius 2 is 1.64 bits per heavy atom. The molecule has 4 rings (SSSR count). The van der Waals surface area contributed by atoms with Gasteiger partial charge in [0.05, 0.1) is 6.33 Å². The Morgan fingerprint density at radius 3 is 2.36 bits per heavy atom. The lowest BCUT2D eigenvalue weighted by molar-refractivity contribution is 0.705. The molecule has 0 spiro atoms. The van der Waals surface area contributed by atoms with Crippen LogP contribution in [0.3, 0.4) is 0 Å². The molecule has 0 aliphatic heterocycles. The molecule has 11 nitrogen and oxygen atoms in total. The molecule has 4 aromatic heterocycles. The first kappa shape index (κ1) is 15.1. The van der Waals surface area contributed by atoms with Gasteiger partial charge in [-0.05, 0) is 0 Å². The maximum Gasteiger partial charge on any atom is 0.332 e. The highest BCUT2D eigenvalue weighted by Crippen LogP contribution is 2.22. The molecule has 4 heterocycles. The zero-order chi connectivity index (χ0) is 18.0. The van der Waals surface area contributed by atoms with Gasteiger partial charge in [-0.2, -0.15) is 0 Å². The van der Waals surface area contributed by atoms with Gasteiger partial charge in [-0.3, -0.25) is 13.9 Å². The Balaban J connectivity index is 2.12. The van der Waals surface area contributed by atoms with Crippen LogP contribution < -0.4 is 17.0 Å². The summed E-state index contributed by atoms with van der Waals surface area (Å²) in [6.45, 7) is 0. The van der Waals surface area contributed by atoms with Gasteiger partial charge in [0.1, 0.15) is 5.52 Å². The molecular weight excluding hydrogens is 326 g/mol. The van der Waals surface area contributed by atoms with Crippen LogP contribution >= 0.6 is 0 Å². The van der Waals surface area contributed by atoms with Crippen molar-refractivity contribution in [1.29, 1.82) is 0 Å².